The number of nitrogens with zero attached hydrogens (tertiary/aromatic N) is 3. The Bertz CT molecular complexity index is 917. The summed E-state index contributed by atoms with van der Waals surface area (Å²) in [7, 11) is 1.56. The van der Waals surface area contributed by atoms with Gasteiger partial charge in [-0.3, -0.25) is 4.79 Å². The summed E-state index contributed by atoms with van der Waals surface area (Å²) in [4.78, 5) is 42.5. The Morgan fingerprint density at radius 2 is 1.86 bits per heavy atom. The third-order valence-electron chi connectivity index (χ3n) is 4.95. The number of carbonyl (C=O) groups excluding carboxylic acids is 3. The highest BCUT2D eigenvalue weighted by atomic mass is 16.5. The van der Waals surface area contributed by atoms with E-state index >= 15 is 0 Å². The molecular formula is C20H20N4O4. The molecule has 8 heteroatoms. The molecule has 5 amide bonds. The zero-order chi connectivity index (χ0) is 19.7. The summed E-state index contributed by atoms with van der Waals surface area (Å²) in [5.41, 5.74) is 1.14. The zero-order valence-corrected chi connectivity index (χ0v) is 15.4. The number of carbonyl (C=O) groups is 3. The van der Waals surface area contributed by atoms with E-state index < -0.39 is 6.04 Å². The standard InChI is InChI=1S/C20H20N4O4/c1-28-16-9-5-6-14(12-16)21-19(26)22-10-11-23-17(13-22)18(25)24(20(23)27)15-7-3-2-4-8-15/h2-9,12,17H,10-11,13H2,1H3,(H,21,26)/t17-/m0/s1. The predicted molar refractivity (Wildman–Crippen MR) is 103 cm³/mol. The summed E-state index contributed by atoms with van der Waals surface area (Å²) >= 11 is 0. The van der Waals surface area contributed by atoms with Crippen molar-refractivity contribution in [1.82, 2.24) is 9.80 Å². The van der Waals surface area contributed by atoms with Gasteiger partial charge in [-0.05, 0) is 24.3 Å². The Kier molecular flexibility index (Phi) is 4.60. The van der Waals surface area contributed by atoms with Crippen molar-refractivity contribution in [3.63, 3.8) is 0 Å². The fraction of sp³-hybridized carbons (Fsp3) is 0.250. The maximum Gasteiger partial charge on any atom is 0.332 e. The number of anilines is 2. The average molecular weight is 380 g/mol. The summed E-state index contributed by atoms with van der Waals surface area (Å²) in [6.45, 7) is 0.821. The Morgan fingerprint density at radius 1 is 1.07 bits per heavy atom. The van der Waals surface area contributed by atoms with E-state index in [1.807, 2.05) is 6.07 Å². The summed E-state index contributed by atoms with van der Waals surface area (Å²) in [5.74, 6) is 0.327. The van der Waals surface area contributed by atoms with Crippen molar-refractivity contribution >= 4 is 29.3 Å². The number of hydrogen-bond donors (Lipinski definition) is 1. The van der Waals surface area contributed by atoms with Gasteiger partial charge in [-0.2, -0.15) is 0 Å². The first-order valence-electron chi connectivity index (χ1n) is 8.98. The zero-order valence-electron chi connectivity index (χ0n) is 15.4. The van der Waals surface area contributed by atoms with Gasteiger partial charge in [-0.1, -0.05) is 24.3 Å². The number of rotatable bonds is 3. The fourth-order valence-electron chi connectivity index (χ4n) is 3.50. The van der Waals surface area contributed by atoms with Gasteiger partial charge in [0.15, 0.2) is 0 Å². The molecule has 2 aromatic carbocycles. The van der Waals surface area contributed by atoms with Gasteiger partial charge < -0.3 is 19.9 Å². The molecule has 0 saturated carbocycles. The van der Waals surface area contributed by atoms with E-state index in [9.17, 15) is 14.4 Å². The van der Waals surface area contributed by atoms with Gasteiger partial charge >= 0.3 is 12.1 Å². The second-order valence-corrected chi connectivity index (χ2v) is 6.61. The van der Waals surface area contributed by atoms with Crippen LogP contribution in [0, 0.1) is 0 Å². The average Bonchev–Trinajstić information content (AvgIpc) is 2.98. The molecule has 2 fully saturated rings. The summed E-state index contributed by atoms with van der Waals surface area (Å²) < 4.78 is 5.16. The second-order valence-electron chi connectivity index (χ2n) is 6.61. The lowest BCUT2D eigenvalue weighted by Crippen LogP contribution is -2.55. The van der Waals surface area contributed by atoms with E-state index in [2.05, 4.69) is 5.32 Å². The first-order chi connectivity index (χ1) is 13.6. The normalized spacial score (nSPS) is 18.9. The van der Waals surface area contributed by atoms with Crippen LogP contribution >= 0.6 is 0 Å². The van der Waals surface area contributed by atoms with Crippen LogP contribution in [0.4, 0.5) is 21.0 Å². The van der Waals surface area contributed by atoms with E-state index in [1.165, 1.54) is 9.80 Å². The number of methoxy groups -OCH3 is 1. The van der Waals surface area contributed by atoms with Crippen molar-refractivity contribution in [1.29, 1.82) is 0 Å². The van der Waals surface area contributed by atoms with Gasteiger partial charge in [-0.15, -0.1) is 0 Å². The van der Waals surface area contributed by atoms with Gasteiger partial charge in [0, 0.05) is 24.8 Å². The van der Waals surface area contributed by atoms with Crippen LogP contribution in [0.25, 0.3) is 0 Å². The van der Waals surface area contributed by atoms with Gasteiger partial charge in [-0.25, -0.2) is 14.5 Å². The number of imide groups is 1. The number of piperazine rings is 1. The molecule has 8 nitrogen and oxygen atoms in total. The van der Waals surface area contributed by atoms with Crippen LogP contribution in [0.3, 0.4) is 0 Å². The lowest BCUT2D eigenvalue weighted by atomic mass is 10.2. The summed E-state index contributed by atoms with van der Waals surface area (Å²) in [6, 6.07) is 14.6. The number of ether oxygens (including phenoxy) is 1. The molecule has 2 heterocycles. The number of amides is 5. The quantitative estimate of drug-likeness (QED) is 0.829. The molecule has 0 radical (unpaired) electrons. The van der Waals surface area contributed by atoms with Crippen molar-refractivity contribution in [3.05, 3.63) is 54.6 Å². The first-order valence-corrected chi connectivity index (χ1v) is 8.98. The van der Waals surface area contributed by atoms with E-state index in [0.29, 0.717) is 30.2 Å². The van der Waals surface area contributed by atoms with Crippen molar-refractivity contribution < 1.29 is 19.1 Å². The molecule has 2 aromatic rings. The van der Waals surface area contributed by atoms with Crippen molar-refractivity contribution in [2.75, 3.05) is 37.0 Å². The van der Waals surface area contributed by atoms with Crippen LogP contribution < -0.4 is 15.0 Å². The molecule has 144 valence electrons. The predicted octanol–water partition coefficient (Wildman–Crippen LogP) is 2.38. The molecule has 0 spiro atoms. The Balaban J connectivity index is 1.47. The van der Waals surface area contributed by atoms with Crippen LogP contribution in [0.5, 0.6) is 5.75 Å². The first kappa shape index (κ1) is 17.8. The molecule has 2 saturated heterocycles. The van der Waals surface area contributed by atoms with Crippen molar-refractivity contribution in [2.24, 2.45) is 0 Å². The largest absolute Gasteiger partial charge is 0.497 e. The number of para-hydroxylation sites is 1. The number of nitrogens with one attached hydrogen (secondary N) is 1. The number of benzene rings is 2. The van der Waals surface area contributed by atoms with Crippen LogP contribution in [-0.4, -0.2) is 60.6 Å². The summed E-state index contributed by atoms with van der Waals surface area (Å²) in [5, 5.41) is 2.81. The van der Waals surface area contributed by atoms with Gasteiger partial charge in [0.2, 0.25) is 0 Å². The maximum atomic E-state index is 12.8. The number of hydrogen-bond acceptors (Lipinski definition) is 4. The molecular weight excluding hydrogens is 360 g/mol. The molecule has 2 aliphatic heterocycles. The van der Waals surface area contributed by atoms with Gasteiger partial charge in [0.05, 0.1) is 19.3 Å². The maximum absolute atomic E-state index is 12.8. The molecule has 1 atom stereocenters. The molecule has 2 aliphatic rings. The SMILES string of the molecule is COc1cccc(NC(=O)N2CCN3C(=O)N(c4ccccc4)C(=O)[C@@H]3C2)c1. The van der Waals surface area contributed by atoms with Gasteiger partial charge in [0.1, 0.15) is 11.8 Å². The van der Waals surface area contributed by atoms with E-state index in [-0.39, 0.29) is 24.5 Å². The highest BCUT2D eigenvalue weighted by Crippen LogP contribution is 2.27. The van der Waals surface area contributed by atoms with Gasteiger partial charge in [0.25, 0.3) is 5.91 Å². The molecule has 0 unspecified atom stereocenters. The molecule has 0 bridgehead atoms. The molecule has 4 rings (SSSR count). The Hall–Kier alpha value is -3.55. The minimum atomic E-state index is -0.669. The minimum absolute atomic E-state index is 0.156. The summed E-state index contributed by atoms with van der Waals surface area (Å²) in [6.07, 6.45) is 0. The monoisotopic (exact) mass is 380 g/mol. The second kappa shape index (κ2) is 7.22. The molecule has 0 aromatic heterocycles. The van der Waals surface area contributed by atoms with E-state index in [4.69, 9.17) is 4.74 Å². The van der Waals surface area contributed by atoms with Crippen molar-refractivity contribution in [2.45, 2.75) is 6.04 Å². The van der Waals surface area contributed by atoms with Crippen LogP contribution in [0.1, 0.15) is 0 Å². The lowest BCUT2D eigenvalue weighted by Gasteiger charge is -2.35. The smallest absolute Gasteiger partial charge is 0.332 e. The molecule has 1 N–H and O–H groups in total. The topological polar surface area (TPSA) is 82.2 Å². The Morgan fingerprint density at radius 3 is 2.61 bits per heavy atom. The highest BCUT2D eigenvalue weighted by Gasteiger charge is 2.48. The van der Waals surface area contributed by atoms with E-state index in [0.717, 1.165) is 0 Å². The van der Waals surface area contributed by atoms with Crippen LogP contribution in [-0.2, 0) is 4.79 Å². The van der Waals surface area contributed by atoms with Crippen molar-refractivity contribution in [3.8, 4) is 5.75 Å². The number of fused-ring (bicyclic) bond motifs is 1. The van der Waals surface area contributed by atoms with Crippen LogP contribution in [0.2, 0.25) is 0 Å². The third kappa shape index (κ3) is 3.13. The minimum Gasteiger partial charge on any atom is -0.497 e. The lowest BCUT2D eigenvalue weighted by molar-refractivity contribution is -0.120. The third-order valence-corrected chi connectivity index (χ3v) is 4.95. The number of urea groups is 2. The molecule has 28 heavy (non-hydrogen) atoms. The molecule has 0 aliphatic carbocycles. The van der Waals surface area contributed by atoms with Crippen LogP contribution in [0.15, 0.2) is 54.6 Å². The highest BCUT2D eigenvalue weighted by molar-refractivity contribution is 6.21. The van der Waals surface area contributed by atoms with E-state index in [1.54, 1.807) is 60.5 Å². The Labute approximate surface area is 162 Å². The fourth-order valence-corrected chi connectivity index (χ4v) is 3.50.